The number of carbonyl (C=O) groups is 2. The van der Waals surface area contributed by atoms with Crippen LogP contribution in [0.15, 0.2) is 72.9 Å². The summed E-state index contributed by atoms with van der Waals surface area (Å²) in [5.41, 5.74) is 4.74. The Kier molecular flexibility index (Phi) is 6.54. The van der Waals surface area contributed by atoms with Crippen LogP contribution in [0.2, 0.25) is 0 Å². The number of aromatic nitrogens is 1. The predicted octanol–water partition coefficient (Wildman–Crippen LogP) is 5.01. The fourth-order valence-electron chi connectivity index (χ4n) is 3.42. The van der Waals surface area contributed by atoms with Crippen molar-refractivity contribution < 1.29 is 9.59 Å². The van der Waals surface area contributed by atoms with Crippen molar-refractivity contribution in [1.29, 1.82) is 0 Å². The number of benzene rings is 3. The lowest BCUT2D eigenvalue weighted by Gasteiger charge is -2.17. The summed E-state index contributed by atoms with van der Waals surface area (Å²) in [5, 5.41) is 1.67. The molecule has 0 bridgehead atoms. The van der Waals surface area contributed by atoms with Crippen molar-refractivity contribution in [1.82, 2.24) is 9.99 Å². The molecule has 0 radical (unpaired) electrons. The van der Waals surface area contributed by atoms with Crippen LogP contribution in [0.25, 0.3) is 10.9 Å². The molecule has 0 aliphatic carbocycles. The highest BCUT2D eigenvalue weighted by Gasteiger charge is 2.24. The van der Waals surface area contributed by atoms with Gasteiger partial charge >= 0.3 is 0 Å². The monoisotopic (exact) mass is 545 g/mol. The molecule has 4 rings (SSSR count). The van der Waals surface area contributed by atoms with Crippen molar-refractivity contribution in [2.24, 2.45) is 5.84 Å². The smallest absolute Gasteiger partial charge is 0.267 e. The molecule has 0 spiro atoms. The number of halogens is 1. The molecule has 4 aromatic rings. The average Bonchev–Trinajstić information content (AvgIpc) is 2.82. The summed E-state index contributed by atoms with van der Waals surface area (Å²) < 4.78 is 0.736. The van der Waals surface area contributed by atoms with Gasteiger partial charge in [0.1, 0.15) is 0 Å². The number of imide groups is 1. The predicted molar refractivity (Wildman–Crippen MR) is 137 cm³/mol. The quantitative estimate of drug-likeness (QED) is 0.0960. The number of aryl methyl sites for hydroxylation is 2. The van der Waals surface area contributed by atoms with Gasteiger partial charge in [-0.15, -0.1) is 0 Å². The maximum atomic E-state index is 13.0. The van der Waals surface area contributed by atoms with Gasteiger partial charge in [0.15, 0.2) is 0 Å². The number of nitrogens with two attached hydrogens (primary N) is 1. The number of hydrogen-bond acceptors (Lipinski definition) is 4. The largest absolute Gasteiger partial charge is 0.276 e. The lowest BCUT2D eigenvalue weighted by atomic mass is 10.0. The molecular weight excluding hydrogens is 525 g/mol. The second-order valence-electron chi connectivity index (χ2n) is 7.61. The summed E-state index contributed by atoms with van der Waals surface area (Å²) in [6, 6.07) is 20.4. The van der Waals surface area contributed by atoms with Crippen LogP contribution in [0, 0.1) is 29.3 Å². The SMILES string of the molecule is Cc1ccc(C(=O)N(N)C(=O)c2c(C)cccc2I)cc1C#Cc1cnc2ccccc2c1. The van der Waals surface area contributed by atoms with Crippen LogP contribution in [-0.4, -0.2) is 21.8 Å². The van der Waals surface area contributed by atoms with E-state index in [-0.39, 0.29) is 0 Å². The minimum Gasteiger partial charge on any atom is -0.267 e. The van der Waals surface area contributed by atoms with E-state index >= 15 is 0 Å². The maximum absolute atomic E-state index is 13.0. The molecule has 0 unspecified atom stereocenters. The first-order valence-corrected chi connectivity index (χ1v) is 11.3. The van der Waals surface area contributed by atoms with Crippen LogP contribution < -0.4 is 5.84 Å². The zero-order valence-corrected chi connectivity index (χ0v) is 20.3. The molecule has 2 amide bonds. The third-order valence-corrected chi connectivity index (χ3v) is 6.19. The fourth-order valence-corrected chi connectivity index (χ4v) is 4.29. The Bertz CT molecular complexity index is 1450. The Balaban J connectivity index is 1.62. The number of fused-ring (bicyclic) bond motifs is 1. The van der Waals surface area contributed by atoms with E-state index in [4.69, 9.17) is 5.84 Å². The highest BCUT2D eigenvalue weighted by atomic mass is 127. The van der Waals surface area contributed by atoms with Crippen LogP contribution in [0.5, 0.6) is 0 Å². The third kappa shape index (κ3) is 4.80. The second kappa shape index (κ2) is 9.53. The highest BCUT2D eigenvalue weighted by molar-refractivity contribution is 14.1. The molecule has 162 valence electrons. The van der Waals surface area contributed by atoms with Gasteiger partial charge < -0.3 is 0 Å². The Morgan fingerprint density at radius 1 is 0.909 bits per heavy atom. The normalized spacial score (nSPS) is 10.4. The Hall–Kier alpha value is -3.54. The highest BCUT2D eigenvalue weighted by Crippen LogP contribution is 2.19. The second-order valence-corrected chi connectivity index (χ2v) is 8.77. The number of hydrogen-bond donors (Lipinski definition) is 1. The number of rotatable bonds is 2. The van der Waals surface area contributed by atoms with Crippen molar-refractivity contribution in [3.05, 3.63) is 110 Å². The van der Waals surface area contributed by atoms with Crippen molar-refractivity contribution in [2.75, 3.05) is 0 Å². The number of hydrazine groups is 1. The molecule has 0 saturated carbocycles. The topological polar surface area (TPSA) is 76.3 Å². The third-order valence-electron chi connectivity index (χ3n) is 5.29. The minimum atomic E-state index is -0.588. The van der Waals surface area contributed by atoms with E-state index < -0.39 is 11.8 Å². The van der Waals surface area contributed by atoms with Gasteiger partial charge in [-0.1, -0.05) is 48.2 Å². The van der Waals surface area contributed by atoms with E-state index in [1.165, 1.54) is 0 Å². The number of nitrogens with zero attached hydrogens (tertiary/aromatic N) is 2. The molecule has 3 aromatic carbocycles. The number of amides is 2. The standard InChI is InChI=1S/C27H20IN3O2/c1-17-10-12-22(26(32)31(29)27(33)25-18(2)6-5-8-23(25)28)15-20(17)13-11-19-14-21-7-3-4-9-24(21)30-16-19/h3-10,12,14-16H,29H2,1-2H3. The number of pyridine rings is 1. The molecule has 0 fully saturated rings. The molecular formula is C27H20IN3O2. The first-order valence-electron chi connectivity index (χ1n) is 10.2. The molecule has 5 nitrogen and oxygen atoms in total. The van der Waals surface area contributed by atoms with E-state index in [1.807, 2.05) is 56.3 Å². The van der Waals surface area contributed by atoms with E-state index in [0.717, 1.165) is 31.2 Å². The average molecular weight is 545 g/mol. The molecule has 0 atom stereocenters. The van der Waals surface area contributed by atoms with Gasteiger partial charge in [-0.05, 0) is 77.9 Å². The van der Waals surface area contributed by atoms with Crippen molar-refractivity contribution in [3.63, 3.8) is 0 Å². The zero-order chi connectivity index (χ0) is 23.5. The van der Waals surface area contributed by atoms with E-state index in [9.17, 15) is 9.59 Å². The summed E-state index contributed by atoms with van der Waals surface area (Å²) >= 11 is 2.07. The molecule has 0 aliphatic rings. The van der Waals surface area contributed by atoms with Gasteiger partial charge in [0, 0.05) is 31.8 Å². The lowest BCUT2D eigenvalue weighted by Crippen LogP contribution is -2.43. The van der Waals surface area contributed by atoms with Gasteiger partial charge in [0.05, 0.1) is 11.1 Å². The van der Waals surface area contributed by atoms with Gasteiger partial charge in [-0.3, -0.25) is 14.6 Å². The van der Waals surface area contributed by atoms with E-state index in [2.05, 4.69) is 39.4 Å². The summed E-state index contributed by atoms with van der Waals surface area (Å²) in [4.78, 5) is 30.3. The molecule has 1 aromatic heterocycles. The molecule has 0 aliphatic heterocycles. The lowest BCUT2D eigenvalue weighted by molar-refractivity contribution is 0.0614. The number of carbonyl (C=O) groups excluding carboxylic acids is 2. The first-order chi connectivity index (χ1) is 15.8. The fraction of sp³-hybridized carbons (Fsp3) is 0.0741. The maximum Gasteiger partial charge on any atom is 0.276 e. The van der Waals surface area contributed by atoms with E-state index in [0.29, 0.717) is 21.7 Å². The Morgan fingerprint density at radius 3 is 2.48 bits per heavy atom. The molecule has 0 saturated heterocycles. The van der Waals surface area contributed by atoms with Crippen molar-refractivity contribution >= 4 is 45.3 Å². The van der Waals surface area contributed by atoms with Gasteiger partial charge in [0.2, 0.25) is 0 Å². The van der Waals surface area contributed by atoms with Crippen LogP contribution in [0.1, 0.15) is 43.0 Å². The van der Waals surface area contributed by atoms with Crippen molar-refractivity contribution in [3.8, 4) is 11.8 Å². The van der Waals surface area contributed by atoms with E-state index in [1.54, 1.807) is 30.5 Å². The van der Waals surface area contributed by atoms with Crippen molar-refractivity contribution in [2.45, 2.75) is 13.8 Å². The summed E-state index contributed by atoms with van der Waals surface area (Å²) in [6.07, 6.45) is 1.73. The first kappa shape index (κ1) is 22.6. The van der Waals surface area contributed by atoms with Crippen LogP contribution in [-0.2, 0) is 0 Å². The summed E-state index contributed by atoms with van der Waals surface area (Å²) in [5.74, 6) is 11.1. The molecule has 1 heterocycles. The number of para-hydroxylation sites is 1. The van der Waals surface area contributed by atoms with Crippen LogP contribution >= 0.6 is 22.6 Å². The molecule has 33 heavy (non-hydrogen) atoms. The molecule has 2 N–H and O–H groups in total. The minimum absolute atomic E-state index is 0.293. The summed E-state index contributed by atoms with van der Waals surface area (Å²) in [6.45, 7) is 3.73. The van der Waals surface area contributed by atoms with Gasteiger partial charge in [-0.25, -0.2) is 10.9 Å². The Morgan fingerprint density at radius 2 is 1.70 bits per heavy atom. The summed E-state index contributed by atoms with van der Waals surface area (Å²) in [7, 11) is 0. The Labute approximate surface area is 205 Å². The van der Waals surface area contributed by atoms with Gasteiger partial charge in [-0.2, -0.15) is 0 Å². The van der Waals surface area contributed by atoms with Gasteiger partial charge in [0.25, 0.3) is 11.8 Å². The van der Waals surface area contributed by atoms with Crippen LogP contribution in [0.3, 0.4) is 0 Å². The molecule has 6 heteroatoms. The van der Waals surface area contributed by atoms with Crippen LogP contribution in [0.4, 0.5) is 0 Å². The zero-order valence-electron chi connectivity index (χ0n) is 18.1.